The van der Waals surface area contributed by atoms with Crippen LogP contribution in [-0.2, 0) is 13.0 Å². The van der Waals surface area contributed by atoms with Crippen molar-refractivity contribution in [3.8, 4) is 0 Å². The number of carbonyl (C=O) groups excluding carboxylic acids is 1. The van der Waals surface area contributed by atoms with Crippen molar-refractivity contribution in [2.75, 3.05) is 7.05 Å². The number of likely N-dealkylation sites (N-methyl/N-ethyl adjacent to an activating group) is 1. The molecule has 0 spiro atoms. The van der Waals surface area contributed by atoms with Crippen LogP contribution in [0, 0.1) is 6.92 Å². The predicted octanol–water partition coefficient (Wildman–Crippen LogP) is 3.34. The standard InChI is InChI=1S/C21H24N4O/c1-16-9-10-22-20(11-16)12-17(2)24(3)21(26)19-13-23-25(15-19)14-18-7-5-4-6-8-18/h4-11,13,15,17H,12,14H2,1-3H3/t17-/m1/s1. The molecule has 0 bridgehead atoms. The highest BCUT2D eigenvalue weighted by Gasteiger charge is 2.19. The van der Waals surface area contributed by atoms with Gasteiger partial charge in [0.25, 0.3) is 5.91 Å². The number of pyridine rings is 1. The summed E-state index contributed by atoms with van der Waals surface area (Å²) in [5, 5.41) is 4.33. The van der Waals surface area contributed by atoms with E-state index in [1.807, 2.05) is 69.7 Å². The van der Waals surface area contributed by atoms with Crippen molar-refractivity contribution in [2.45, 2.75) is 32.9 Å². The second-order valence-electron chi connectivity index (χ2n) is 6.71. The van der Waals surface area contributed by atoms with Crippen molar-refractivity contribution in [1.82, 2.24) is 19.7 Å². The molecule has 2 heterocycles. The smallest absolute Gasteiger partial charge is 0.257 e. The third-order valence-corrected chi connectivity index (χ3v) is 4.53. The molecule has 134 valence electrons. The first-order chi connectivity index (χ1) is 12.5. The van der Waals surface area contributed by atoms with Crippen molar-refractivity contribution in [3.05, 3.63) is 83.4 Å². The Labute approximate surface area is 154 Å². The molecule has 1 atom stereocenters. The lowest BCUT2D eigenvalue weighted by molar-refractivity contribution is 0.0743. The van der Waals surface area contributed by atoms with E-state index in [-0.39, 0.29) is 11.9 Å². The van der Waals surface area contributed by atoms with E-state index < -0.39 is 0 Å². The fraction of sp³-hybridized carbons (Fsp3) is 0.286. The maximum atomic E-state index is 12.8. The first-order valence-corrected chi connectivity index (χ1v) is 8.78. The van der Waals surface area contributed by atoms with Crippen molar-refractivity contribution in [2.24, 2.45) is 0 Å². The molecule has 5 nitrogen and oxygen atoms in total. The summed E-state index contributed by atoms with van der Waals surface area (Å²) in [5.74, 6) is -0.0236. The van der Waals surface area contributed by atoms with Gasteiger partial charge in [-0.05, 0) is 37.1 Å². The van der Waals surface area contributed by atoms with Crippen molar-refractivity contribution < 1.29 is 4.79 Å². The van der Waals surface area contributed by atoms with Gasteiger partial charge in [-0.3, -0.25) is 14.5 Å². The van der Waals surface area contributed by atoms with E-state index in [1.54, 1.807) is 15.8 Å². The maximum absolute atomic E-state index is 12.8. The number of rotatable bonds is 6. The molecule has 1 aromatic carbocycles. The second kappa shape index (κ2) is 7.95. The van der Waals surface area contributed by atoms with Crippen LogP contribution in [0.15, 0.2) is 61.1 Å². The lowest BCUT2D eigenvalue weighted by Gasteiger charge is -2.24. The van der Waals surface area contributed by atoms with Crippen LogP contribution in [0.3, 0.4) is 0 Å². The fourth-order valence-corrected chi connectivity index (χ4v) is 2.88. The largest absolute Gasteiger partial charge is 0.339 e. The first-order valence-electron chi connectivity index (χ1n) is 8.78. The molecule has 0 aliphatic rings. The lowest BCUT2D eigenvalue weighted by Crippen LogP contribution is -2.36. The number of aryl methyl sites for hydroxylation is 1. The van der Waals surface area contributed by atoms with Crippen LogP contribution < -0.4 is 0 Å². The van der Waals surface area contributed by atoms with Gasteiger partial charge in [-0.25, -0.2) is 0 Å². The minimum atomic E-state index is -0.0236. The zero-order valence-corrected chi connectivity index (χ0v) is 15.5. The third kappa shape index (κ3) is 4.36. The van der Waals surface area contributed by atoms with Gasteiger partial charge >= 0.3 is 0 Å². The summed E-state index contributed by atoms with van der Waals surface area (Å²) >= 11 is 0. The molecule has 26 heavy (non-hydrogen) atoms. The minimum Gasteiger partial charge on any atom is -0.339 e. The van der Waals surface area contributed by atoms with Gasteiger partial charge in [-0.1, -0.05) is 30.3 Å². The lowest BCUT2D eigenvalue weighted by atomic mass is 10.1. The summed E-state index contributed by atoms with van der Waals surface area (Å²) < 4.78 is 1.79. The Morgan fingerprint density at radius 2 is 2.00 bits per heavy atom. The zero-order valence-electron chi connectivity index (χ0n) is 15.5. The van der Waals surface area contributed by atoms with Gasteiger partial charge in [-0.15, -0.1) is 0 Å². The number of hydrogen-bond acceptors (Lipinski definition) is 3. The molecule has 0 aliphatic heterocycles. The number of amides is 1. The second-order valence-corrected chi connectivity index (χ2v) is 6.71. The van der Waals surface area contributed by atoms with Crippen LogP contribution in [0.5, 0.6) is 0 Å². The van der Waals surface area contributed by atoms with Gasteiger partial charge in [0.05, 0.1) is 18.3 Å². The summed E-state index contributed by atoms with van der Waals surface area (Å²) in [5.41, 5.74) is 3.93. The molecule has 0 fully saturated rings. The van der Waals surface area contributed by atoms with E-state index in [9.17, 15) is 4.79 Å². The van der Waals surface area contributed by atoms with Crippen LogP contribution >= 0.6 is 0 Å². The number of hydrogen-bond donors (Lipinski definition) is 0. The molecule has 3 rings (SSSR count). The number of benzene rings is 1. The van der Waals surface area contributed by atoms with Gasteiger partial charge in [0.15, 0.2) is 0 Å². The number of carbonyl (C=O) groups is 1. The maximum Gasteiger partial charge on any atom is 0.257 e. The first kappa shape index (κ1) is 17.9. The third-order valence-electron chi connectivity index (χ3n) is 4.53. The topological polar surface area (TPSA) is 51.0 Å². The molecular formula is C21H24N4O. The average Bonchev–Trinajstić information content (AvgIpc) is 3.09. The van der Waals surface area contributed by atoms with Crippen molar-refractivity contribution >= 4 is 5.91 Å². The molecule has 0 aliphatic carbocycles. The predicted molar refractivity (Wildman–Crippen MR) is 102 cm³/mol. The van der Waals surface area contributed by atoms with E-state index in [0.29, 0.717) is 12.1 Å². The summed E-state index contributed by atoms with van der Waals surface area (Å²) in [6.07, 6.45) is 5.98. The van der Waals surface area contributed by atoms with Crippen LogP contribution in [0.1, 0.15) is 34.1 Å². The molecular weight excluding hydrogens is 324 g/mol. The highest BCUT2D eigenvalue weighted by Crippen LogP contribution is 2.11. The van der Waals surface area contributed by atoms with E-state index in [4.69, 9.17) is 0 Å². The van der Waals surface area contributed by atoms with Crippen molar-refractivity contribution in [1.29, 1.82) is 0 Å². The Kier molecular flexibility index (Phi) is 5.46. The molecule has 0 saturated heterocycles. The Morgan fingerprint density at radius 3 is 2.73 bits per heavy atom. The molecule has 2 aromatic heterocycles. The number of nitrogens with zero attached hydrogens (tertiary/aromatic N) is 4. The van der Waals surface area contributed by atoms with Crippen molar-refractivity contribution in [3.63, 3.8) is 0 Å². The van der Waals surface area contributed by atoms with Crippen LogP contribution in [0.4, 0.5) is 0 Å². The van der Waals surface area contributed by atoms with E-state index in [1.165, 1.54) is 5.56 Å². The molecule has 0 unspecified atom stereocenters. The van der Waals surface area contributed by atoms with Crippen LogP contribution in [0.25, 0.3) is 0 Å². The Balaban J connectivity index is 1.64. The highest BCUT2D eigenvalue weighted by atomic mass is 16.2. The summed E-state index contributed by atoms with van der Waals surface area (Å²) in [7, 11) is 1.83. The SMILES string of the molecule is Cc1ccnc(C[C@@H](C)N(C)C(=O)c2cnn(Cc3ccccc3)c2)c1. The number of aromatic nitrogens is 3. The highest BCUT2D eigenvalue weighted by molar-refractivity contribution is 5.93. The molecule has 5 heteroatoms. The van der Waals surface area contributed by atoms with Gasteiger partial charge < -0.3 is 4.90 Å². The Hall–Kier alpha value is -2.95. The summed E-state index contributed by atoms with van der Waals surface area (Å²) in [6.45, 7) is 4.74. The molecule has 0 N–H and O–H groups in total. The van der Waals surface area contributed by atoms with Crippen LogP contribution in [0.2, 0.25) is 0 Å². The quantitative estimate of drug-likeness (QED) is 0.686. The van der Waals surface area contributed by atoms with E-state index >= 15 is 0 Å². The Morgan fingerprint density at radius 1 is 1.23 bits per heavy atom. The van der Waals surface area contributed by atoms with Gasteiger partial charge in [0.1, 0.15) is 0 Å². The van der Waals surface area contributed by atoms with E-state index in [2.05, 4.69) is 16.1 Å². The normalized spacial score (nSPS) is 12.0. The zero-order chi connectivity index (χ0) is 18.5. The monoisotopic (exact) mass is 348 g/mol. The fourth-order valence-electron chi connectivity index (χ4n) is 2.88. The van der Waals surface area contributed by atoms with Crippen LogP contribution in [-0.4, -0.2) is 38.7 Å². The van der Waals surface area contributed by atoms with Gasteiger partial charge in [0, 0.05) is 37.6 Å². The van der Waals surface area contributed by atoms with E-state index in [0.717, 1.165) is 17.7 Å². The molecule has 0 radical (unpaired) electrons. The summed E-state index contributed by atoms with van der Waals surface area (Å²) in [4.78, 5) is 18.9. The molecule has 1 amide bonds. The molecule has 3 aromatic rings. The van der Waals surface area contributed by atoms with Gasteiger partial charge in [-0.2, -0.15) is 5.10 Å². The molecule has 0 saturated carbocycles. The minimum absolute atomic E-state index is 0.0236. The Bertz CT molecular complexity index is 872. The van der Waals surface area contributed by atoms with Gasteiger partial charge in [0.2, 0.25) is 0 Å². The average molecular weight is 348 g/mol. The summed E-state index contributed by atoms with van der Waals surface area (Å²) in [6, 6.07) is 14.2.